The number of benzene rings is 2. The van der Waals surface area contributed by atoms with Gasteiger partial charge in [-0.05, 0) is 24.3 Å². The van der Waals surface area contributed by atoms with Gasteiger partial charge in [0.2, 0.25) is 0 Å². The van der Waals surface area contributed by atoms with Gasteiger partial charge in [-0.1, -0.05) is 23.7 Å². The van der Waals surface area contributed by atoms with Crippen molar-refractivity contribution in [2.75, 3.05) is 0 Å². The second-order valence-corrected chi connectivity index (χ2v) is 4.41. The Morgan fingerprint density at radius 2 is 2.00 bits per heavy atom. The van der Waals surface area contributed by atoms with Crippen molar-refractivity contribution in [2.45, 2.75) is 0 Å². The summed E-state index contributed by atoms with van der Waals surface area (Å²) >= 11 is 5.75. The third-order valence-electron chi connectivity index (χ3n) is 2.84. The number of para-hydroxylation sites is 1. The van der Waals surface area contributed by atoms with Gasteiger partial charge in [-0.3, -0.25) is 0 Å². The number of nitrogens with one attached hydrogen (secondary N) is 1. The van der Waals surface area contributed by atoms with E-state index in [1.165, 1.54) is 6.07 Å². The van der Waals surface area contributed by atoms with Crippen molar-refractivity contribution in [2.24, 2.45) is 0 Å². The van der Waals surface area contributed by atoms with E-state index >= 15 is 0 Å². The number of rotatable bonds is 1. The monoisotopic (exact) mass is 271 g/mol. The van der Waals surface area contributed by atoms with Crippen molar-refractivity contribution in [3.63, 3.8) is 0 Å². The Morgan fingerprint density at radius 3 is 2.79 bits per heavy atom. The zero-order chi connectivity index (χ0) is 13.4. The predicted molar refractivity (Wildman–Crippen MR) is 71.2 cm³/mol. The molecule has 3 nitrogen and oxygen atoms in total. The summed E-state index contributed by atoms with van der Waals surface area (Å²) < 4.78 is 13.9. The topological polar surface area (TPSA) is 52.5 Å². The summed E-state index contributed by atoms with van der Waals surface area (Å²) in [5.41, 5.74) is 1.95. The fourth-order valence-electron chi connectivity index (χ4n) is 1.94. The Morgan fingerprint density at radius 1 is 1.21 bits per heavy atom. The van der Waals surface area contributed by atoms with Gasteiger partial charge < -0.3 is 4.98 Å². The van der Waals surface area contributed by atoms with Crippen molar-refractivity contribution in [1.29, 1.82) is 5.26 Å². The molecule has 2 aromatic carbocycles. The number of imidazole rings is 1. The smallest absolute Gasteiger partial charge is 0.152 e. The van der Waals surface area contributed by atoms with Crippen LogP contribution in [0, 0.1) is 17.1 Å². The summed E-state index contributed by atoms with van der Waals surface area (Å²) in [6, 6.07) is 12.0. The highest BCUT2D eigenvalue weighted by Crippen LogP contribution is 2.28. The van der Waals surface area contributed by atoms with E-state index in [1.807, 2.05) is 0 Å². The van der Waals surface area contributed by atoms with Crippen LogP contribution in [0.15, 0.2) is 36.4 Å². The Balaban J connectivity index is 2.27. The quantitative estimate of drug-likeness (QED) is 0.730. The number of aromatic amines is 1. The van der Waals surface area contributed by atoms with Crippen LogP contribution < -0.4 is 0 Å². The van der Waals surface area contributed by atoms with Gasteiger partial charge in [0.15, 0.2) is 5.82 Å². The molecular formula is C14H7ClFN3. The third-order valence-corrected chi connectivity index (χ3v) is 3.13. The minimum atomic E-state index is -0.526. The largest absolute Gasteiger partial charge is 0.338 e. The van der Waals surface area contributed by atoms with Crippen molar-refractivity contribution >= 4 is 22.6 Å². The van der Waals surface area contributed by atoms with Crippen LogP contribution in [-0.4, -0.2) is 9.97 Å². The van der Waals surface area contributed by atoms with Gasteiger partial charge in [0.25, 0.3) is 0 Å². The van der Waals surface area contributed by atoms with E-state index in [1.54, 1.807) is 30.3 Å². The molecule has 0 saturated heterocycles. The van der Waals surface area contributed by atoms with E-state index in [0.29, 0.717) is 22.4 Å². The Kier molecular flexibility index (Phi) is 2.69. The standard InChI is InChI=1S/C14H7ClFN3/c15-10-5-2-4-9(12(10)16)14-18-11-6-1-3-8(7-17)13(11)19-14/h1-6H,(H,18,19). The summed E-state index contributed by atoms with van der Waals surface area (Å²) in [7, 11) is 0. The average Bonchev–Trinajstić information content (AvgIpc) is 2.85. The molecule has 19 heavy (non-hydrogen) atoms. The lowest BCUT2D eigenvalue weighted by Gasteiger charge is -2.00. The fraction of sp³-hybridized carbons (Fsp3) is 0. The second kappa shape index (κ2) is 4.38. The molecule has 0 amide bonds. The van der Waals surface area contributed by atoms with Gasteiger partial charge in [0.1, 0.15) is 17.4 Å². The van der Waals surface area contributed by atoms with Crippen LogP contribution in [0.4, 0.5) is 4.39 Å². The first-order valence-electron chi connectivity index (χ1n) is 5.54. The van der Waals surface area contributed by atoms with Gasteiger partial charge in [-0.25, -0.2) is 9.37 Å². The summed E-state index contributed by atoms with van der Waals surface area (Å²) in [4.78, 5) is 7.27. The highest BCUT2D eigenvalue weighted by atomic mass is 35.5. The van der Waals surface area contributed by atoms with E-state index in [0.717, 1.165) is 0 Å². The van der Waals surface area contributed by atoms with Gasteiger partial charge in [0, 0.05) is 0 Å². The van der Waals surface area contributed by atoms with Gasteiger partial charge >= 0.3 is 0 Å². The second-order valence-electron chi connectivity index (χ2n) is 4.00. The van der Waals surface area contributed by atoms with Crippen molar-refractivity contribution < 1.29 is 4.39 Å². The number of fused-ring (bicyclic) bond motifs is 1. The van der Waals surface area contributed by atoms with Crippen molar-refractivity contribution in [3.05, 3.63) is 52.8 Å². The first-order valence-corrected chi connectivity index (χ1v) is 5.91. The molecule has 0 saturated carbocycles. The van der Waals surface area contributed by atoms with Crippen LogP contribution in [-0.2, 0) is 0 Å². The number of halogens is 2. The summed E-state index contributed by atoms with van der Waals surface area (Å²) in [6.07, 6.45) is 0. The minimum Gasteiger partial charge on any atom is -0.338 e. The van der Waals surface area contributed by atoms with E-state index < -0.39 is 5.82 Å². The van der Waals surface area contributed by atoms with E-state index in [-0.39, 0.29) is 10.6 Å². The number of hydrogen-bond donors (Lipinski definition) is 1. The van der Waals surface area contributed by atoms with Crippen LogP contribution in [0.25, 0.3) is 22.4 Å². The molecule has 0 unspecified atom stereocenters. The van der Waals surface area contributed by atoms with Gasteiger partial charge in [-0.2, -0.15) is 5.26 Å². The lowest BCUT2D eigenvalue weighted by Crippen LogP contribution is -1.87. The zero-order valence-electron chi connectivity index (χ0n) is 9.61. The summed E-state index contributed by atoms with van der Waals surface area (Å²) in [5.74, 6) is -0.167. The molecule has 5 heteroatoms. The molecule has 3 aromatic rings. The molecule has 0 bridgehead atoms. The van der Waals surface area contributed by atoms with Crippen LogP contribution in [0.5, 0.6) is 0 Å². The summed E-state index contributed by atoms with van der Waals surface area (Å²) in [5, 5.41) is 9.06. The molecule has 1 N–H and O–H groups in total. The molecule has 0 atom stereocenters. The van der Waals surface area contributed by atoms with Crippen LogP contribution >= 0.6 is 11.6 Å². The van der Waals surface area contributed by atoms with Crippen LogP contribution in [0.3, 0.4) is 0 Å². The number of H-pyrrole nitrogens is 1. The molecule has 1 aromatic heterocycles. The number of aromatic nitrogens is 2. The predicted octanol–water partition coefficient (Wildman–Crippen LogP) is 3.89. The lowest BCUT2D eigenvalue weighted by atomic mass is 10.2. The SMILES string of the molecule is N#Cc1cccc2[nH]c(-c3cccc(Cl)c3F)nc12. The molecule has 92 valence electrons. The number of nitrogens with zero attached hydrogens (tertiary/aromatic N) is 2. The first kappa shape index (κ1) is 11.7. The summed E-state index contributed by atoms with van der Waals surface area (Å²) in [6.45, 7) is 0. The molecule has 3 rings (SSSR count). The maximum Gasteiger partial charge on any atom is 0.152 e. The first-order chi connectivity index (χ1) is 9.20. The molecular weight excluding hydrogens is 265 g/mol. The highest BCUT2D eigenvalue weighted by Gasteiger charge is 2.13. The lowest BCUT2D eigenvalue weighted by molar-refractivity contribution is 0.630. The maximum atomic E-state index is 13.9. The van der Waals surface area contributed by atoms with E-state index in [4.69, 9.17) is 16.9 Å². The average molecular weight is 272 g/mol. The molecule has 0 fully saturated rings. The molecule has 0 radical (unpaired) electrons. The van der Waals surface area contributed by atoms with Crippen molar-refractivity contribution in [3.8, 4) is 17.5 Å². The van der Waals surface area contributed by atoms with E-state index in [2.05, 4.69) is 16.0 Å². The molecule has 0 aliphatic carbocycles. The fourth-order valence-corrected chi connectivity index (χ4v) is 2.11. The van der Waals surface area contributed by atoms with Crippen LogP contribution in [0.1, 0.15) is 5.56 Å². The highest BCUT2D eigenvalue weighted by molar-refractivity contribution is 6.31. The Hall–Kier alpha value is -2.38. The Bertz CT molecular complexity index is 817. The number of hydrogen-bond acceptors (Lipinski definition) is 2. The molecule has 1 heterocycles. The number of nitriles is 1. The molecule has 0 spiro atoms. The minimum absolute atomic E-state index is 0.0402. The van der Waals surface area contributed by atoms with Crippen LogP contribution in [0.2, 0.25) is 5.02 Å². The molecule has 0 aliphatic heterocycles. The van der Waals surface area contributed by atoms with E-state index in [9.17, 15) is 4.39 Å². The Labute approximate surface area is 113 Å². The maximum absolute atomic E-state index is 13.9. The zero-order valence-corrected chi connectivity index (χ0v) is 10.4. The van der Waals surface area contributed by atoms with Gasteiger partial charge in [-0.15, -0.1) is 0 Å². The van der Waals surface area contributed by atoms with Gasteiger partial charge in [0.05, 0.1) is 21.7 Å². The molecule has 0 aliphatic rings. The normalized spacial score (nSPS) is 10.6. The van der Waals surface area contributed by atoms with Crippen molar-refractivity contribution in [1.82, 2.24) is 9.97 Å². The third kappa shape index (κ3) is 1.85.